The number of aliphatic hydroxyl groups excluding tert-OH is 10. The molecule has 28 heavy (non-hydrogen) atoms. The summed E-state index contributed by atoms with van der Waals surface area (Å²) in [6.07, 6.45) is -16.1. The Kier molecular flexibility index (Phi) is 16.4. The molecule has 0 aromatic heterocycles. The van der Waals surface area contributed by atoms with E-state index in [9.17, 15) is 40.2 Å². The zero-order valence-electron chi connectivity index (χ0n) is 15.2. The van der Waals surface area contributed by atoms with E-state index in [-0.39, 0.29) is 19.2 Å². The van der Waals surface area contributed by atoms with Gasteiger partial charge in [0.2, 0.25) is 0 Å². The Bertz CT molecular complexity index is 375. The van der Waals surface area contributed by atoms with Crippen LogP contribution in [0, 0.1) is 0 Å². The quantitative estimate of drug-likeness (QED) is 0.125. The van der Waals surface area contributed by atoms with Crippen molar-refractivity contribution in [2.45, 2.75) is 61.9 Å². The maximum absolute atomic E-state index is 10.9. The van der Waals surface area contributed by atoms with E-state index in [1.54, 1.807) is 0 Å². The summed E-state index contributed by atoms with van der Waals surface area (Å²) in [6, 6.07) is 0. The first kappa shape index (κ1) is 29.1. The van der Waals surface area contributed by atoms with Crippen molar-refractivity contribution in [2.75, 3.05) is 19.8 Å². The van der Waals surface area contributed by atoms with Gasteiger partial charge in [-0.05, 0) is 6.92 Å². The van der Waals surface area contributed by atoms with Gasteiger partial charge in [0, 0.05) is 0 Å². The Morgan fingerprint density at radius 3 is 1.11 bits per heavy atom. The van der Waals surface area contributed by atoms with E-state index in [1.807, 2.05) is 0 Å². The van der Waals surface area contributed by atoms with Crippen LogP contribution in [-0.2, 0) is 14.3 Å². The average Bonchev–Trinajstić information content (AvgIpc) is 2.71. The maximum Gasteiger partial charge on any atom is 0.151 e. The lowest BCUT2D eigenvalue weighted by Gasteiger charge is -2.30. The molecule has 0 aromatic rings. The van der Waals surface area contributed by atoms with Gasteiger partial charge in [0.25, 0.3) is 0 Å². The van der Waals surface area contributed by atoms with Crippen molar-refractivity contribution in [3.63, 3.8) is 0 Å². The molecule has 0 spiro atoms. The average molecular weight is 418 g/mol. The second-order valence-corrected chi connectivity index (χ2v) is 5.83. The fraction of sp³-hybridized carbons (Fsp3) is 0.867. The zero-order valence-corrected chi connectivity index (χ0v) is 15.2. The van der Waals surface area contributed by atoms with Crippen molar-refractivity contribution in [3.8, 4) is 0 Å². The van der Waals surface area contributed by atoms with Crippen LogP contribution in [0.1, 0.15) is 6.92 Å². The smallest absolute Gasteiger partial charge is 0.151 e. The Balaban J connectivity index is 0. The van der Waals surface area contributed by atoms with Crippen LogP contribution in [0.25, 0.3) is 0 Å². The van der Waals surface area contributed by atoms with Gasteiger partial charge in [0.05, 0.1) is 25.9 Å². The van der Waals surface area contributed by atoms with E-state index in [0.29, 0.717) is 0 Å². The largest absolute Gasteiger partial charge is 0.394 e. The number of aliphatic hydroxyl groups is 10. The van der Waals surface area contributed by atoms with Crippen LogP contribution in [0.2, 0.25) is 0 Å². The van der Waals surface area contributed by atoms with Gasteiger partial charge < -0.3 is 65.4 Å². The minimum atomic E-state index is -2.05. The number of ether oxygens (including phenoxy) is 1. The molecule has 0 aliphatic rings. The number of aldehydes is 2. The van der Waals surface area contributed by atoms with Gasteiger partial charge in [-0.25, -0.2) is 0 Å². The van der Waals surface area contributed by atoms with Crippen LogP contribution in [-0.4, -0.2) is 138 Å². The van der Waals surface area contributed by atoms with Crippen molar-refractivity contribution in [2.24, 2.45) is 0 Å². The highest BCUT2D eigenvalue weighted by Crippen LogP contribution is 2.13. The van der Waals surface area contributed by atoms with E-state index in [2.05, 4.69) is 0 Å². The summed E-state index contributed by atoms with van der Waals surface area (Å²) in [7, 11) is 0. The summed E-state index contributed by atoms with van der Waals surface area (Å²) >= 11 is 0. The highest BCUT2D eigenvalue weighted by atomic mass is 16.5. The summed E-state index contributed by atoms with van der Waals surface area (Å²) in [5, 5.41) is 90.0. The SMILES string of the molecule is CC(O)CO.O=C[C@H](O[C@@H](C=O)[C@@H](O)[C@H](O)[C@H](O)CO)[C@@H](O)[C@H](O)[C@H](O)CO. The number of hydrogen-bond donors (Lipinski definition) is 10. The lowest BCUT2D eigenvalue weighted by Crippen LogP contribution is -2.52. The first-order valence-electron chi connectivity index (χ1n) is 8.17. The molecule has 0 radical (unpaired) electrons. The molecular formula is C15H30O13. The first-order valence-corrected chi connectivity index (χ1v) is 8.17. The van der Waals surface area contributed by atoms with Crippen LogP contribution >= 0.6 is 0 Å². The summed E-state index contributed by atoms with van der Waals surface area (Å²) < 4.78 is 4.76. The number of rotatable bonds is 13. The standard InChI is InChI=1S/C12H22O11.C3H8O2/c13-1-5(17)9(19)11(21)7(3-15)23-8(4-16)12(22)10(20)6(18)2-14;1-3(5)2-4/h3-14,17-22H,1-2H2;3-5H,2H2,1H3/t5-,6-,7+,8+,9-,10-,11-,12-;/m1./s1. The predicted octanol–water partition coefficient (Wildman–Crippen LogP) is -6.35. The van der Waals surface area contributed by atoms with Crippen molar-refractivity contribution in [1.82, 2.24) is 0 Å². The third kappa shape index (κ3) is 10.4. The molecule has 0 heterocycles. The molecule has 0 amide bonds. The third-order valence-electron chi connectivity index (χ3n) is 3.38. The van der Waals surface area contributed by atoms with Crippen molar-refractivity contribution < 1.29 is 65.4 Å². The summed E-state index contributed by atoms with van der Waals surface area (Å²) in [5.74, 6) is 0. The molecular weight excluding hydrogens is 388 g/mol. The van der Waals surface area contributed by atoms with E-state index >= 15 is 0 Å². The Morgan fingerprint density at radius 1 is 0.643 bits per heavy atom. The molecule has 13 heteroatoms. The highest BCUT2D eigenvalue weighted by Gasteiger charge is 2.37. The normalized spacial score (nSPS) is 21.0. The lowest BCUT2D eigenvalue weighted by molar-refractivity contribution is -0.180. The Morgan fingerprint density at radius 2 is 0.929 bits per heavy atom. The molecule has 0 aliphatic carbocycles. The fourth-order valence-electron chi connectivity index (χ4n) is 1.63. The van der Waals surface area contributed by atoms with Crippen molar-refractivity contribution >= 4 is 12.6 Å². The molecule has 1 unspecified atom stereocenters. The van der Waals surface area contributed by atoms with Gasteiger partial charge in [0.15, 0.2) is 12.6 Å². The lowest BCUT2D eigenvalue weighted by atomic mass is 10.0. The molecule has 0 aliphatic heterocycles. The molecule has 10 N–H and O–H groups in total. The fourth-order valence-corrected chi connectivity index (χ4v) is 1.63. The van der Waals surface area contributed by atoms with Crippen LogP contribution in [0.4, 0.5) is 0 Å². The summed E-state index contributed by atoms with van der Waals surface area (Å²) in [5.41, 5.74) is 0. The number of carbonyl (C=O) groups excluding carboxylic acids is 2. The second-order valence-electron chi connectivity index (χ2n) is 5.83. The van der Waals surface area contributed by atoms with Crippen molar-refractivity contribution in [1.29, 1.82) is 0 Å². The van der Waals surface area contributed by atoms with E-state index in [0.717, 1.165) is 0 Å². The minimum Gasteiger partial charge on any atom is -0.394 e. The molecule has 0 bridgehead atoms. The molecule has 0 aromatic carbocycles. The monoisotopic (exact) mass is 418 g/mol. The summed E-state index contributed by atoms with van der Waals surface area (Å²) in [6.45, 7) is -0.462. The maximum atomic E-state index is 10.9. The van der Waals surface area contributed by atoms with E-state index in [4.69, 9.17) is 25.2 Å². The molecule has 0 saturated heterocycles. The number of carbonyl (C=O) groups is 2. The van der Waals surface area contributed by atoms with Gasteiger partial charge in [-0.15, -0.1) is 0 Å². The Labute approximate surface area is 160 Å². The van der Waals surface area contributed by atoms with Crippen LogP contribution in [0.5, 0.6) is 0 Å². The van der Waals surface area contributed by atoms with Crippen molar-refractivity contribution in [3.05, 3.63) is 0 Å². The molecule has 0 saturated carbocycles. The highest BCUT2D eigenvalue weighted by molar-refractivity contribution is 5.61. The zero-order chi connectivity index (χ0) is 22.4. The number of hydrogen-bond acceptors (Lipinski definition) is 13. The van der Waals surface area contributed by atoms with E-state index in [1.165, 1.54) is 6.92 Å². The van der Waals surface area contributed by atoms with Gasteiger partial charge in [-0.2, -0.15) is 0 Å². The third-order valence-corrected chi connectivity index (χ3v) is 3.38. The van der Waals surface area contributed by atoms with Gasteiger partial charge in [-0.3, -0.25) is 0 Å². The molecule has 168 valence electrons. The van der Waals surface area contributed by atoms with Gasteiger partial charge >= 0.3 is 0 Å². The van der Waals surface area contributed by atoms with Gasteiger partial charge in [0.1, 0.15) is 48.8 Å². The first-order chi connectivity index (χ1) is 13.0. The van der Waals surface area contributed by atoms with Crippen LogP contribution in [0.15, 0.2) is 0 Å². The molecule has 0 fully saturated rings. The molecule has 13 nitrogen and oxygen atoms in total. The van der Waals surface area contributed by atoms with E-state index < -0.39 is 68.1 Å². The minimum absolute atomic E-state index is 0.0317. The second kappa shape index (κ2) is 15.8. The van der Waals surface area contributed by atoms with Crippen LogP contribution < -0.4 is 0 Å². The van der Waals surface area contributed by atoms with Gasteiger partial charge in [-0.1, -0.05) is 0 Å². The van der Waals surface area contributed by atoms with Crippen LogP contribution in [0.3, 0.4) is 0 Å². The topological polar surface area (TPSA) is 246 Å². The Hall–Kier alpha value is -1.10. The predicted molar refractivity (Wildman–Crippen MR) is 89.8 cm³/mol. The molecule has 9 atom stereocenters. The summed E-state index contributed by atoms with van der Waals surface area (Å²) in [4.78, 5) is 21.8. The molecule has 0 rings (SSSR count).